The fourth-order valence-electron chi connectivity index (χ4n) is 2.83. The molecule has 0 atom stereocenters. The number of carbonyl (C=O) groups is 1. The molecule has 2 aromatic carbocycles. The Bertz CT molecular complexity index is 1030. The van der Waals surface area contributed by atoms with Gasteiger partial charge in [0.15, 0.2) is 0 Å². The summed E-state index contributed by atoms with van der Waals surface area (Å²) in [5, 5.41) is 1.84. The summed E-state index contributed by atoms with van der Waals surface area (Å²) in [6, 6.07) is 10.2. The van der Waals surface area contributed by atoms with Crippen LogP contribution in [-0.4, -0.2) is 22.6 Å². The molecule has 0 aliphatic heterocycles. The van der Waals surface area contributed by atoms with Crippen molar-refractivity contribution in [2.45, 2.75) is 13.5 Å². The fraction of sp³-hybridized carbons (Fsp3) is 0.158. The molecular weight excluding hydrogens is 430 g/mol. The van der Waals surface area contributed by atoms with Crippen molar-refractivity contribution in [3.8, 4) is 22.5 Å². The number of hydrogen-bond donors (Lipinski definition) is 0. The highest BCUT2D eigenvalue weighted by Crippen LogP contribution is 2.40. The third-order valence-electron chi connectivity index (χ3n) is 4.02. The minimum absolute atomic E-state index is 0.155. The second kappa shape index (κ2) is 8.11. The molecule has 0 bridgehead atoms. The largest absolute Gasteiger partial charge is 0.463 e. The van der Waals surface area contributed by atoms with Crippen LogP contribution >= 0.6 is 46.4 Å². The molecule has 0 saturated carbocycles. The smallest absolute Gasteiger partial charge is 0.374 e. The highest BCUT2D eigenvalue weighted by Gasteiger charge is 2.26. The van der Waals surface area contributed by atoms with Crippen LogP contribution in [-0.2, 0) is 11.3 Å². The highest BCUT2D eigenvalue weighted by atomic mass is 35.5. The van der Waals surface area contributed by atoms with Gasteiger partial charge >= 0.3 is 5.97 Å². The van der Waals surface area contributed by atoms with Gasteiger partial charge < -0.3 is 9.30 Å². The molecule has 8 heteroatoms. The molecule has 0 aliphatic rings. The Morgan fingerprint density at radius 1 is 1.00 bits per heavy atom. The molecule has 0 N–H and O–H groups in total. The molecule has 140 valence electrons. The van der Waals surface area contributed by atoms with Crippen molar-refractivity contribution in [2.24, 2.45) is 0 Å². The first-order valence-corrected chi connectivity index (χ1v) is 9.48. The standard InChI is InChI=1S/C19H14Cl4N2O2/c1-3-25-17(13-7-5-11(21)9-15(13)23)16(24-18(25)19(26)27-2)12-6-4-10(20)8-14(12)22/h4-9H,3H2,1-2H3. The summed E-state index contributed by atoms with van der Waals surface area (Å²) >= 11 is 24.9. The van der Waals surface area contributed by atoms with E-state index in [1.54, 1.807) is 41.0 Å². The van der Waals surface area contributed by atoms with Crippen molar-refractivity contribution in [3.05, 3.63) is 62.3 Å². The molecule has 27 heavy (non-hydrogen) atoms. The molecule has 0 fully saturated rings. The Hall–Kier alpha value is -1.72. The first-order chi connectivity index (χ1) is 12.9. The minimum Gasteiger partial charge on any atom is -0.463 e. The number of hydrogen-bond acceptors (Lipinski definition) is 3. The number of carbonyl (C=O) groups excluding carboxylic acids is 1. The Morgan fingerprint density at radius 3 is 2.04 bits per heavy atom. The molecule has 0 radical (unpaired) electrons. The maximum absolute atomic E-state index is 12.3. The van der Waals surface area contributed by atoms with Crippen LogP contribution in [0.15, 0.2) is 36.4 Å². The third-order valence-corrected chi connectivity index (χ3v) is 5.12. The van der Waals surface area contributed by atoms with Gasteiger partial charge in [0.05, 0.1) is 28.5 Å². The maximum Gasteiger partial charge on any atom is 0.374 e. The zero-order valence-corrected chi connectivity index (χ0v) is 17.4. The lowest BCUT2D eigenvalue weighted by molar-refractivity contribution is 0.0581. The van der Waals surface area contributed by atoms with E-state index in [0.29, 0.717) is 49.2 Å². The summed E-state index contributed by atoms with van der Waals surface area (Å²) in [4.78, 5) is 16.8. The molecule has 0 amide bonds. The number of ether oxygens (including phenoxy) is 1. The molecule has 0 spiro atoms. The lowest BCUT2D eigenvalue weighted by Crippen LogP contribution is -2.11. The number of imidazole rings is 1. The van der Waals surface area contributed by atoms with E-state index in [9.17, 15) is 4.79 Å². The van der Waals surface area contributed by atoms with E-state index in [-0.39, 0.29) is 5.82 Å². The first-order valence-electron chi connectivity index (χ1n) is 7.97. The Kier molecular flexibility index (Phi) is 6.02. The Morgan fingerprint density at radius 2 is 1.56 bits per heavy atom. The van der Waals surface area contributed by atoms with Gasteiger partial charge in [-0.2, -0.15) is 0 Å². The fourth-order valence-corrected chi connectivity index (χ4v) is 3.83. The number of rotatable bonds is 4. The van der Waals surface area contributed by atoms with Gasteiger partial charge in [0.1, 0.15) is 0 Å². The van der Waals surface area contributed by atoms with E-state index in [0.717, 1.165) is 0 Å². The minimum atomic E-state index is -0.556. The first kappa shape index (κ1) is 20.0. The summed E-state index contributed by atoms with van der Waals surface area (Å²) in [5.74, 6) is -0.401. The topological polar surface area (TPSA) is 44.1 Å². The van der Waals surface area contributed by atoms with Crippen LogP contribution in [0.2, 0.25) is 20.1 Å². The van der Waals surface area contributed by atoms with Crippen molar-refractivity contribution in [1.29, 1.82) is 0 Å². The van der Waals surface area contributed by atoms with E-state index in [1.807, 2.05) is 6.92 Å². The third kappa shape index (κ3) is 3.81. The highest BCUT2D eigenvalue weighted by molar-refractivity contribution is 6.37. The predicted molar refractivity (Wildman–Crippen MR) is 110 cm³/mol. The van der Waals surface area contributed by atoms with Crippen molar-refractivity contribution < 1.29 is 9.53 Å². The van der Waals surface area contributed by atoms with E-state index < -0.39 is 5.97 Å². The molecule has 1 aromatic heterocycles. The van der Waals surface area contributed by atoms with Gasteiger partial charge in [-0.05, 0) is 43.3 Å². The molecule has 1 heterocycles. The van der Waals surface area contributed by atoms with Crippen molar-refractivity contribution in [1.82, 2.24) is 9.55 Å². The summed E-state index contributed by atoms with van der Waals surface area (Å²) in [7, 11) is 1.31. The molecule has 4 nitrogen and oxygen atoms in total. The summed E-state index contributed by atoms with van der Waals surface area (Å²) < 4.78 is 6.62. The van der Waals surface area contributed by atoms with E-state index in [1.165, 1.54) is 7.11 Å². The predicted octanol–water partition coefficient (Wildman–Crippen LogP) is 6.64. The zero-order chi connectivity index (χ0) is 19.7. The Balaban J connectivity index is 2.38. The maximum atomic E-state index is 12.3. The van der Waals surface area contributed by atoms with Gasteiger partial charge in [-0.3, -0.25) is 0 Å². The van der Waals surface area contributed by atoms with Crippen LogP contribution in [0.1, 0.15) is 17.5 Å². The quantitative estimate of drug-likeness (QED) is 0.424. The molecule has 0 aliphatic carbocycles. The van der Waals surface area contributed by atoms with Crippen LogP contribution in [0.4, 0.5) is 0 Å². The van der Waals surface area contributed by atoms with E-state index >= 15 is 0 Å². The van der Waals surface area contributed by atoms with Crippen LogP contribution in [0, 0.1) is 0 Å². The van der Waals surface area contributed by atoms with E-state index in [2.05, 4.69) is 4.98 Å². The second-order valence-corrected chi connectivity index (χ2v) is 7.30. The van der Waals surface area contributed by atoms with Gasteiger partial charge in [-0.15, -0.1) is 0 Å². The second-order valence-electron chi connectivity index (χ2n) is 5.62. The van der Waals surface area contributed by atoms with Crippen molar-refractivity contribution in [3.63, 3.8) is 0 Å². The lowest BCUT2D eigenvalue weighted by Gasteiger charge is -2.12. The average molecular weight is 444 g/mol. The van der Waals surface area contributed by atoms with E-state index in [4.69, 9.17) is 51.1 Å². The van der Waals surface area contributed by atoms with Crippen LogP contribution < -0.4 is 0 Å². The van der Waals surface area contributed by atoms with Crippen LogP contribution in [0.25, 0.3) is 22.5 Å². The van der Waals surface area contributed by atoms with Gasteiger partial charge in [-0.25, -0.2) is 9.78 Å². The molecular formula is C19H14Cl4N2O2. The number of methoxy groups -OCH3 is 1. The SMILES string of the molecule is CCn1c(C(=O)OC)nc(-c2ccc(Cl)cc2Cl)c1-c1ccc(Cl)cc1Cl. The van der Waals surface area contributed by atoms with Crippen molar-refractivity contribution >= 4 is 52.4 Å². The number of esters is 1. The monoisotopic (exact) mass is 442 g/mol. The Labute approximate surface area is 176 Å². The van der Waals surface area contributed by atoms with Crippen LogP contribution in [0.3, 0.4) is 0 Å². The lowest BCUT2D eigenvalue weighted by atomic mass is 10.0. The van der Waals surface area contributed by atoms with Gasteiger partial charge in [0.2, 0.25) is 5.82 Å². The van der Waals surface area contributed by atoms with Gasteiger partial charge in [0, 0.05) is 27.7 Å². The van der Waals surface area contributed by atoms with Crippen molar-refractivity contribution in [2.75, 3.05) is 7.11 Å². The number of aromatic nitrogens is 2. The summed E-state index contributed by atoms with van der Waals surface area (Å²) in [5.41, 5.74) is 2.44. The number of halogens is 4. The van der Waals surface area contributed by atoms with Gasteiger partial charge in [-0.1, -0.05) is 46.4 Å². The average Bonchev–Trinajstić information content (AvgIpc) is 3.00. The zero-order valence-electron chi connectivity index (χ0n) is 14.4. The molecule has 3 rings (SSSR count). The van der Waals surface area contributed by atoms with Gasteiger partial charge in [0.25, 0.3) is 0 Å². The molecule has 0 unspecified atom stereocenters. The normalized spacial score (nSPS) is 10.9. The summed E-state index contributed by atoms with van der Waals surface area (Å²) in [6.45, 7) is 2.37. The molecule has 0 saturated heterocycles. The molecule has 3 aromatic rings. The number of benzene rings is 2. The summed E-state index contributed by atoms with van der Waals surface area (Å²) in [6.07, 6.45) is 0. The van der Waals surface area contributed by atoms with Crippen LogP contribution in [0.5, 0.6) is 0 Å². The number of nitrogens with zero attached hydrogens (tertiary/aromatic N) is 2.